The first-order chi connectivity index (χ1) is 11.8. The number of anilines is 1. The highest BCUT2D eigenvalue weighted by molar-refractivity contribution is 7.80. The van der Waals surface area contributed by atoms with Crippen LogP contribution in [-0.4, -0.2) is 10.0 Å². The number of nitrogens with zero attached hydrogens (tertiary/aromatic N) is 1. The van der Waals surface area contributed by atoms with Crippen molar-refractivity contribution in [2.45, 2.75) is 19.9 Å². The van der Waals surface area contributed by atoms with Crippen LogP contribution in [0.25, 0.3) is 0 Å². The highest BCUT2D eigenvalue weighted by Crippen LogP contribution is 2.27. The van der Waals surface area contributed by atoms with Gasteiger partial charge in [0, 0.05) is 12.1 Å². The molecule has 5 nitrogen and oxygen atoms in total. The van der Waals surface area contributed by atoms with Crippen molar-refractivity contribution in [2.24, 2.45) is 5.92 Å². The molecule has 2 aromatic carbocycles. The number of non-ortho nitro benzene ring substituents is 1. The molecule has 0 bridgehead atoms. The quantitative estimate of drug-likeness (QED) is 0.430. The van der Waals surface area contributed by atoms with Crippen molar-refractivity contribution in [3.05, 3.63) is 69.0 Å². The SMILES string of the molecule is CC(C)[C@H](NC(=S)Nc1cc([N+](=O)[O-])ccc1Cl)c1ccc(F)cc1. The molecule has 2 N–H and O–H groups in total. The van der Waals surface area contributed by atoms with E-state index in [2.05, 4.69) is 10.6 Å². The predicted molar refractivity (Wildman–Crippen MR) is 101 cm³/mol. The average molecular weight is 382 g/mol. The van der Waals surface area contributed by atoms with Gasteiger partial charge in [0.05, 0.1) is 21.7 Å². The molecule has 0 spiro atoms. The summed E-state index contributed by atoms with van der Waals surface area (Å²) >= 11 is 11.4. The summed E-state index contributed by atoms with van der Waals surface area (Å²) in [7, 11) is 0. The number of thiocarbonyl (C=S) groups is 1. The van der Waals surface area contributed by atoms with Crippen molar-refractivity contribution >= 4 is 40.3 Å². The van der Waals surface area contributed by atoms with E-state index in [1.54, 1.807) is 12.1 Å². The summed E-state index contributed by atoms with van der Waals surface area (Å²) in [6, 6.07) is 10.1. The summed E-state index contributed by atoms with van der Waals surface area (Å²) in [6.07, 6.45) is 0. The van der Waals surface area contributed by atoms with E-state index in [0.717, 1.165) is 5.56 Å². The fourth-order valence-electron chi connectivity index (χ4n) is 2.33. The Labute approximate surface area is 155 Å². The zero-order valence-electron chi connectivity index (χ0n) is 13.6. The fraction of sp³-hybridized carbons (Fsp3) is 0.235. The van der Waals surface area contributed by atoms with E-state index >= 15 is 0 Å². The number of rotatable bonds is 5. The molecule has 0 unspecified atom stereocenters. The van der Waals surface area contributed by atoms with Gasteiger partial charge in [-0.05, 0) is 41.9 Å². The fourth-order valence-corrected chi connectivity index (χ4v) is 2.73. The minimum absolute atomic E-state index is 0.0892. The molecule has 0 aliphatic carbocycles. The van der Waals surface area contributed by atoms with Gasteiger partial charge in [-0.15, -0.1) is 0 Å². The summed E-state index contributed by atoms with van der Waals surface area (Å²) in [5.41, 5.74) is 1.13. The number of benzene rings is 2. The van der Waals surface area contributed by atoms with Crippen LogP contribution in [0.4, 0.5) is 15.8 Å². The van der Waals surface area contributed by atoms with Crippen molar-refractivity contribution in [2.75, 3.05) is 5.32 Å². The van der Waals surface area contributed by atoms with E-state index in [1.165, 1.54) is 30.3 Å². The molecule has 0 aliphatic heterocycles. The van der Waals surface area contributed by atoms with Gasteiger partial charge in [0.2, 0.25) is 0 Å². The van der Waals surface area contributed by atoms with E-state index in [0.29, 0.717) is 10.7 Å². The second-order valence-electron chi connectivity index (χ2n) is 5.79. The smallest absolute Gasteiger partial charge is 0.271 e. The Morgan fingerprint density at radius 3 is 2.44 bits per heavy atom. The van der Waals surface area contributed by atoms with Gasteiger partial charge < -0.3 is 10.6 Å². The van der Waals surface area contributed by atoms with Crippen LogP contribution in [0.5, 0.6) is 0 Å². The summed E-state index contributed by atoms with van der Waals surface area (Å²) in [4.78, 5) is 10.4. The number of hydrogen-bond donors (Lipinski definition) is 2. The molecule has 0 heterocycles. The van der Waals surface area contributed by atoms with Gasteiger partial charge in [0.15, 0.2) is 5.11 Å². The Kier molecular flexibility index (Phi) is 6.27. The topological polar surface area (TPSA) is 67.2 Å². The number of nitro groups is 1. The van der Waals surface area contributed by atoms with Gasteiger partial charge in [-0.3, -0.25) is 10.1 Å². The summed E-state index contributed by atoms with van der Waals surface area (Å²) in [6.45, 7) is 4.01. The average Bonchev–Trinajstić information content (AvgIpc) is 2.55. The van der Waals surface area contributed by atoms with Crippen LogP contribution in [0.2, 0.25) is 5.02 Å². The first kappa shape index (κ1) is 19.1. The van der Waals surface area contributed by atoms with Crippen LogP contribution in [0.15, 0.2) is 42.5 Å². The molecular formula is C17H17ClFN3O2S. The maximum absolute atomic E-state index is 13.1. The molecule has 25 heavy (non-hydrogen) atoms. The molecule has 132 valence electrons. The van der Waals surface area contributed by atoms with E-state index < -0.39 is 4.92 Å². The molecule has 0 saturated heterocycles. The minimum Gasteiger partial charge on any atom is -0.355 e. The second kappa shape index (κ2) is 8.22. The van der Waals surface area contributed by atoms with Gasteiger partial charge in [0.1, 0.15) is 5.82 Å². The third kappa shape index (κ3) is 5.11. The van der Waals surface area contributed by atoms with Crippen LogP contribution in [0.3, 0.4) is 0 Å². The maximum atomic E-state index is 13.1. The molecule has 8 heteroatoms. The van der Waals surface area contributed by atoms with Crippen LogP contribution in [0, 0.1) is 21.8 Å². The molecule has 0 radical (unpaired) electrons. The molecule has 1 atom stereocenters. The highest BCUT2D eigenvalue weighted by atomic mass is 35.5. The highest BCUT2D eigenvalue weighted by Gasteiger charge is 2.18. The van der Waals surface area contributed by atoms with E-state index in [4.69, 9.17) is 23.8 Å². The van der Waals surface area contributed by atoms with Crippen LogP contribution in [0.1, 0.15) is 25.5 Å². The van der Waals surface area contributed by atoms with Crippen LogP contribution < -0.4 is 10.6 Å². The lowest BCUT2D eigenvalue weighted by molar-refractivity contribution is -0.384. The number of nitrogens with one attached hydrogen (secondary N) is 2. The molecule has 0 fully saturated rings. The molecule has 2 rings (SSSR count). The van der Waals surface area contributed by atoms with Crippen molar-refractivity contribution < 1.29 is 9.31 Å². The standard InChI is InChI=1S/C17H17ClFN3O2S/c1-10(2)16(11-3-5-12(19)6-4-11)21-17(25)20-15-9-13(22(23)24)7-8-14(15)18/h3-10,16H,1-2H3,(H2,20,21,25)/t16-/m0/s1. The maximum Gasteiger partial charge on any atom is 0.271 e. The van der Waals surface area contributed by atoms with Gasteiger partial charge in [-0.25, -0.2) is 4.39 Å². The summed E-state index contributed by atoms with van der Waals surface area (Å²) in [5, 5.41) is 17.5. The molecule has 0 aromatic heterocycles. The third-order valence-electron chi connectivity index (χ3n) is 3.59. The number of hydrogen-bond acceptors (Lipinski definition) is 3. The van der Waals surface area contributed by atoms with Crippen molar-refractivity contribution in [1.29, 1.82) is 0 Å². The molecule has 0 amide bonds. The van der Waals surface area contributed by atoms with Gasteiger partial charge in [0.25, 0.3) is 5.69 Å². The molecular weight excluding hydrogens is 365 g/mol. The third-order valence-corrected chi connectivity index (χ3v) is 4.14. The van der Waals surface area contributed by atoms with E-state index in [1.807, 2.05) is 13.8 Å². The van der Waals surface area contributed by atoms with Crippen molar-refractivity contribution in [3.8, 4) is 0 Å². The lowest BCUT2D eigenvalue weighted by Gasteiger charge is -2.25. The van der Waals surface area contributed by atoms with E-state index in [-0.39, 0.29) is 28.6 Å². The normalized spacial score (nSPS) is 11.9. The lowest BCUT2D eigenvalue weighted by atomic mass is 9.96. The predicted octanol–water partition coefficient (Wildman–Crippen LogP) is 5.07. The zero-order chi connectivity index (χ0) is 18.6. The first-order valence-corrected chi connectivity index (χ1v) is 8.33. The Morgan fingerprint density at radius 2 is 1.88 bits per heavy atom. The van der Waals surface area contributed by atoms with Crippen LogP contribution in [-0.2, 0) is 0 Å². The zero-order valence-corrected chi connectivity index (χ0v) is 15.2. The summed E-state index contributed by atoms with van der Waals surface area (Å²) in [5.74, 6) is -0.138. The molecule has 0 saturated carbocycles. The molecule has 2 aromatic rings. The molecule has 0 aliphatic rings. The Balaban J connectivity index is 2.16. The van der Waals surface area contributed by atoms with Crippen molar-refractivity contribution in [1.82, 2.24) is 5.32 Å². The lowest BCUT2D eigenvalue weighted by Crippen LogP contribution is -2.35. The number of halogens is 2. The largest absolute Gasteiger partial charge is 0.355 e. The first-order valence-electron chi connectivity index (χ1n) is 7.55. The Hall–Kier alpha value is -2.25. The summed E-state index contributed by atoms with van der Waals surface area (Å²) < 4.78 is 13.1. The Morgan fingerprint density at radius 1 is 1.24 bits per heavy atom. The Bertz CT molecular complexity index is 784. The number of nitro benzene ring substituents is 1. The minimum atomic E-state index is -0.507. The van der Waals surface area contributed by atoms with E-state index in [9.17, 15) is 14.5 Å². The van der Waals surface area contributed by atoms with Gasteiger partial charge in [-0.1, -0.05) is 37.6 Å². The van der Waals surface area contributed by atoms with Gasteiger partial charge >= 0.3 is 0 Å². The van der Waals surface area contributed by atoms with Crippen molar-refractivity contribution in [3.63, 3.8) is 0 Å². The second-order valence-corrected chi connectivity index (χ2v) is 6.61. The van der Waals surface area contributed by atoms with Gasteiger partial charge in [-0.2, -0.15) is 0 Å². The van der Waals surface area contributed by atoms with Crippen LogP contribution >= 0.6 is 23.8 Å². The monoisotopic (exact) mass is 381 g/mol.